The fourth-order valence-electron chi connectivity index (χ4n) is 2.05. The van der Waals surface area contributed by atoms with E-state index >= 15 is 0 Å². The minimum Gasteiger partial charge on any atom is -0.378 e. The Kier molecular flexibility index (Phi) is 7.49. The summed E-state index contributed by atoms with van der Waals surface area (Å²) in [5, 5.41) is 3.62. The fraction of sp³-hybridized carbons (Fsp3) is 1.00. The Morgan fingerprint density at radius 2 is 2.40 bits per heavy atom. The normalized spacial score (nSPS) is 23.2. The van der Waals surface area contributed by atoms with Gasteiger partial charge in [-0.3, -0.25) is 0 Å². The van der Waals surface area contributed by atoms with Crippen LogP contribution in [0.2, 0.25) is 0 Å². The van der Waals surface area contributed by atoms with Crippen LogP contribution < -0.4 is 5.32 Å². The number of ether oxygens (including phenoxy) is 1. The lowest BCUT2D eigenvalue weighted by Crippen LogP contribution is -2.32. The van der Waals surface area contributed by atoms with Crippen LogP contribution in [0.1, 0.15) is 39.0 Å². The van der Waals surface area contributed by atoms with Crippen molar-refractivity contribution in [1.29, 1.82) is 0 Å². The molecule has 0 amide bonds. The summed E-state index contributed by atoms with van der Waals surface area (Å²) in [6.07, 6.45) is 9.02. The van der Waals surface area contributed by atoms with E-state index in [1.165, 1.54) is 37.9 Å². The van der Waals surface area contributed by atoms with Gasteiger partial charge < -0.3 is 10.1 Å². The first-order valence-electron chi connectivity index (χ1n) is 6.20. The van der Waals surface area contributed by atoms with Gasteiger partial charge >= 0.3 is 0 Å². The maximum absolute atomic E-state index is 5.65. The van der Waals surface area contributed by atoms with Crippen molar-refractivity contribution >= 4 is 11.8 Å². The van der Waals surface area contributed by atoms with Gasteiger partial charge in [-0.25, -0.2) is 0 Å². The van der Waals surface area contributed by atoms with Crippen LogP contribution in [0.4, 0.5) is 0 Å². The van der Waals surface area contributed by atoms with E-state index in [0.717, 1.165) is 13.2 Å². The van der Waals surface area contributed by atoms with Gasteiger partial charge in [0.05, 0.1) is 6.10 Å². The van der Waals surface area contributed by atoms with Gasteiger partial charge in [-0.1, -0.05) is 6.92 Å². The van der Waals surface area contributed by atoms with Crippen LogP contribution in [0.25, 0.3) is 0 Å². The second-order valence-corrected chi connectivity index (χ2v) is 5.23. The summed E-state index contributed by atoms with van der Waals surface area (Å²) in [4.78, 5) is 0. The predicted molar refractivity (Wildman–Crippen MR) is 68.7 cm³/mol. The highest BCUT2D eigenvalue weighted by molar-refractivity contribution is 7.98. The summed E-state index contributed by atoms with van der Waals surface area (Å²) in [6, 6.07) is 0.684. The van der Waals surface area contributed by atoms with E-state index in [-0.39, 0.29) is 0 Å². The molecule has 2 nitrogen and oxygen atoms in total. The van der Waals surface area contributed by atoms with Crippen LogP contribution in [0, 0.1) is 0 Å². The third kappa shape index (κ3) is 5.79. The maximum atomic E-state index is 5.65. The van der Waals surface area contributed by atoms with E-state index in [2.05, 4.69) is 18.5 Å². The molecule has 0 radical (unpaired) electrons. The molecule has 1 heterocycles. The van der Waals surface area contributed by atoms with Crippen molar-refractivity contribution in [2.75, 3.05) is 25.2 Å². The van der Waals surface area contributed by atoms with Crippen molar-refractivity contribution in [3.63, 3.8) is 0 Å². The maximum Gasteiger partial charge on any atom is 0.0576 e. The van der Waals surface area contributed by atoms with E-state index in [4.69, 9.17) is 4.74 Å². The quantitative estimate of drug-likeness (QED) is 0.694. The van der Waals surface area contributed by atoms with Gasteiger partial charge in [0.2, 0.25) is 0 Å². The third-order valence-electron chi connectivity index (χ3n) is 2.91. The smallest absolute Gasteiger partial charge is 0.0576 e. The lowest BCUT2D eigenvalue weighted by molar-refractivity contribution is 0.100. The van der Waals surface area contributed by atoms with E-state index in [0.29, 0.717) is 12.1 Å². The fourth-order valence-corrected chi connectivity index (χ4v) is 2.74. The van der Waals surface area contributed by atoms with E-state index in [1.54, 1.807) is 0 Å². The zero-order valence-electron chi connectivity index (χ0n) is 10.1. The second kappa shape index (κ2) is 8.43. The summed E-state index contributed by atoms with van der Waals surface area (Å²) in [7, 11) is 0. The first-order valence-corrected chi connectivity index (χ1v) is 7.60. The molecule has 0 saturated carbocycles. The van der Waals surface area contributed by atoms with Crippen LogP contribution in [-0.4, -0.2) is 37.3 Å². The summed E-state index contributed by atoms with van der Waals surface area (Å²) in [5.74, 6) is 1.23. The Morgan fingerprint density at radius 3 is 3.00 bits per heavy atom. The molecule has 2 unspecified atom stereocenters. The number of thioether (sulfide) groups is 1. The van der Waals surface area contributed by atoms with Gasteiger partial charge in [0.15, 0.2) is 0 Å². The van der Waals surface area contributed by atoms with Crippen LogP contribution in [0.15, 0.2) is 0 Å². The van der Waals surface area contributed by atoms with Gasteiger partial charge in [-0.2, -0.15) is 11.8 Å². The summed E-state index contributed by atoms with van der Waals surface area (Å²) >= 11 is 1.94. The third-order valence-corrected chi connectivity index (χ3v) is 3.65. The van der Waals surface area contributed by atoms with E-state index in [1.807, 2.05) is 11.8 Å². The van der Waals surface area contributed by atoms with Crippen molar-refractivity contribution in [3.05, 3.63) is 0 Å². The van der Waals surface area contributed by atoms with Gasteiger partial charge in [-0.05, 0) is 44.9 Å². The molecule has 3 heteroatoms. The molecule has 15 heavy (non-hydrogen) atoms. The van der Waals surface area contributed by atoms with Gasteiger partial charge in [-0.15, -0.1) is 0 Å². The lowest BCUT2D eigenvalue weighted by atomic mass is 10.1. The first-order chi connectivity index (χ1) is 7.36. The van der Waals surface area contributed by atoms with Crippen molar-refractivity contribution in [1.82, 2.24) is 5.32 Å². The zero-order valence-corrected chi connectivity index (χ0v) is 10.9. The predicted octanol–water partition coefficient (Wildman–Crippen LogP) is 2.68. The molecule has 0 aromatic heterocycles. The number of hydrogen-bond donors (Lipinski definition) is 1. The minimum absolute atomic E-state index is 0.554. The Balaban J connectivity index is 2.11. The Labute approximate surface area is 98.5 Å². The Hall–Kier alpha value is 0.270. The minimum atomic E-state index is 0.554. The van der Waals surface area contributed by atoms with Crippen molar-refractivity contribution in [2.24, 2.45) is 0 Å². The van der Waals surface area contributed by atoms with Crippen molar-refractivity contribution in [3.8, 4) is 0 Å². The molecule has 1 saturated heterocycles. The van der Waals surface area contributed by atoms with Crippen molar-refractivity contribution < 1.29 is 4.74 Å². The van der Waals surface area contributed by atoms with Crippen LogP contribution in [0.3, 0.4) is 0 Å². The monoisotopic (exact) mass is 231 g/mol. The molecule has 1 aliphatic heterocycles. The number of nitrogens with one attached hydrogen (secondary N) is 1. The Morgan fingerprint density at radius 1 is 1.53 bits per heavy atom. The van der Waals surface area contributed by atoms with Crippen molar-refractivity contribution in [2.45, 2.75) is 51.2 Å². The van der Waals surface area contributed by atoms with Crippen LogP contribution in [0.5, 0.6) is 0 Å². The molecular weight excluding hydrogens is 206 g/mol. The highest BCUT2D eigenvalue weighted by Crippen LogP contribution is 2.18. The van der Waals surface area contributed by atoms with Gasteiger partial charge in [0.1, 0.15) is 0 Å². The number of rotatable bonds is 8. The van der Waals surface area contributed by atoms with E-state index < -0.39 is 0 Å². The average molecular weight is 231 g/mol. The second-order valence-electron chi connectivity index (χ2n) is 4.32. The first kappa shape index (κ1) is 13.3. The highest BCUT2D eigenvalue weighted by atomic mass is 32.2. The standard InChI is InChI=1S/C12H25NOS/c1-3-8-13-11(10-15-2)6-7-12-5-4-9-14-12/h11-13H,3-10H2,1-2H3. The molecule has 1 N–H and O–H groups in total. The van der Waals surface area contributed by atoms with Crippen LogP contribution >= 0.6 is 11.8 Å². The zero-order chi connectivity index (χ0) is 10.9. The molecule has 0 spiro atoms. The molecular formula is C12H25NOS. The summed E-state index contributed by atoms with van der Waals surface area (Å²) in [6.45, 7) is 4.36. The van der Waals surface area contributed by atoms with Gasteiger partial charge in [0, 0.05) is 18.4 Å². The largest absolute Gasteiger partial charge is 0.378 e. The number of hydrogen-bond acceptors (Lipinski definition) is 3. The molecule has 1 fully saturated rings. The molecule has 0 aromatic rings. The lowest BCUT2D eigenvalue weighted by Gasteiger charge is -2.19. The SMILES string of the molecule is CCCNC(CCC1CCCO1)CSC. The Bertz CT molecular complexity index is 149. The molecule has 0 aliphatic carbocycles. The summed E-state index contributed by atoms with van der Waals surface area (Å²) < 4.78 is 5.65. The molecule has 1 aliphatic rings. The molecule has 2 atom stereocenters. The molecule has 90 valence electrons. The van der Waals surface area contributed by atoms with E-state index in [9.17, 15) is 0 Å². The van der Waals surface area contributed by atoms with Crippen LogP contribution in [-0.2, 0) is 4.74 Å². The topological polar surface area (TPSA) is 21.3 Å². The molecule has 1 rings (SSSR count). The summed E-state index contributed by atoms with van der Waals surface area (Å²) in [5.41, 5.74) is 0. The average Bonchev–Trinajstić information content (AvgIpc) is 2.75. The highest BCUT2D eigenvalue weighted by Gasteiger charge is 2.17. The van der Waals surface area contributed by atoms with Gasteiger partial charge in [0.25, 0.3) is 0 Å². The molecule has 0 aromatic carbocycles. The molecule has 0 bridgehead atoms.